The van der Waals surface area contributed by atoms with Crippen LogP contribution in [0.1, 0.15) is 37.8 Å². The zero-order valence-electron chi connectivity index (χ0n) is 22.2. The molecule has 10 nitrogen and oxygen atoms in total. The monoisotopic (exact) mass is 529 g/mol. The lowest BCUT2D eigenvalue weighted by Crippen LogP contribution is -2.70. The molecule has 0 saturated carbocycles. The predicted molar refractivity (Wildman–Crippen MR) is 133 cm³/mol. The molecular weight excluding hydrogens is 494 g/mol. The molecule has 38 heavy (non-hydrogen) atoms. The molecule has 6 rings (SSSR count). The number of Topliss-reactive ketones (excluding diaryl/α,β-unsaturated/α-hetero) is 1. The minimum absolute atomic E-state index is 0.0448. The summed E-state index contributed by atoms with van der Waals surface area (Å²) in [6.45, 7) is 5.61. The highest BCUT2D eigenvalue weighted by Gasteiger charge is 2.75. The number of carbonyl (C=O) groups excluding carboxylic acids is 1. The Morgan fingerprint density at radius 2 is 1.63 bits per heavy atom. The van der Waals surface area contributed by atoms with Gasteiger partial charge in [-0.15, -0.1) is 0 Å². The molecule has 3 aliphatic carbocycles. The van der Waals surface area contributed by atoms with Crippen LogP contribution >= 0.6 is 0 Å². The van der Waals surface area contributed by atoms with Crippen molar-refractivity contribution in [2.75, 3.05) is 40.5 Å². The zero-order chi connectivity index (χ0) is 27.4. The number of ether oxygens (including phenoxy) is 4. The number of benzene rings is 1. The number of hydrogen-bond donors (Lipinski definition) is 4. The minimum Gasteiger partial charge on any atom is -0.511 e. The first-order valence-corrected chi connectivity index (χ1v) is 13.1. The van der Waals surface area contributed by atoms with Crippen LogP contribution in [0.5, 0.6) is 5.75 Å². The molecule has 206 valence electrons. The number of aromatic hydroxyl groups is 1. The summed E-state index contributed by atoms with van der Waals surface area (Å²) < 4.78 is 24.8. The highest BCUT2D eigenvalue weighted by Crippen LogP contribution is 2.68. The van der Waals surface area contributed by atoms with Gasteiger partial charge in [-0.3, -0.25) is 9.69 Å². The van der Waals surface area contributed by atoms with E-state index in [0.717, 1.165) is 5.56 Å². The van der Waals surface area contributed by atoms with Crippen LogP contribution in [-0.4, -0.2) is 89.6 Å². The number of nitrogens with zero attached hydrogens (tertiary/aromatic N) is 1. The fourth-order valence-corrected chi connectivity index (χ4v) is 8.05. The number of rotatable bonds is 2. The number of phenols is 1. The highest BCUT2D eigenvalue weighted by molar-refractivity contribution is 5.96. The van der Waals surface area contributed by atoms with Crippen LogP contribution in [0.25, 0.3) is 0 Å². The molecule has 2 fully saturated rings. The van der Waals surface area contributed by atoms with E-state index in [0.29, 0.717) is 5.56 Å². The maximum absolute atomic E-state index is 13.1. The average molecular weight is 530 g/mol. The first-order valence-electron chi connectivity index (χ1n) is 13.1. The van der Waals surface area contributed by atoms with E-state index in [2.05, 4.69) is 0 Å². The van der Waals surface area contributed by atoms with Crippen LogP contribution in [0, 0.1) is 17.3 Å². The van der Waals surface area contributed by atoms with Gasteiger partial charge in [-0.05, 0) is 45.5 Å². The summed E-state index contributed by atoms with van der Waals surface area (Å²) >= 11 is 0. The van der Waals surface area contributed by atoms with E-state index in [1.54, 1.807) is 38.1 Å². The van der Waals surface area contributed by atoms with Crippen molar-refractivity contribution in [3.8, 4) is 5.75 Å². The molecule has 0 unspecified atom stereocenters. The van der Waals surface area contributed by atoms with Crippen LogP contribution in [0.4, 0.5) is 0 Å². The molecule has 0 radical (unpaired) electrons. The second kappa shape index (κ2) is 8.27. The minimum atomic E-state index is -1.86. The Morgan fingerprint density at radius 1 is 1.03 bits per heavy atom. The topological polar surface area (TPSA) is 138 Å². The van der Waals surface area contributed by atoms with Gasteiger partial charge in [0.25, 0.3) is 0 Å². The van der Waals surface area contributed by atoms with Crippen molar-refractivity contribution in [3.05, 3.63) is 52.0 Å². The Balaban J connectivity index is 1.74. The second-order valence-corrected chi connectivity index (χ2v) is 11.4. The van der Waals surface area contributed by atoms with Gasteiger partial charge in [0.1, 0.15) is 17.3 Å². The fraction of sp³-hybridized carbons (Fsp3) is 0.607. The van der Waals surface area contributed by atoms with Crippen molar-refractivity contribution in [1.82, 2.24) is 4.90 Å². The Morgan fingerprint density at radius 3 is 2.21 bits per heavy atom. The molecule has 2 heterocycles. The van der Waals surface area contributed by atoms with Gasteiger partial charge in [-0.25, -0.2) is 0 Å². The highest BCUT2D eigenvalue weighted by atomic mass is 16.7. The van der Waals surface area contributed by atoms with Crippen molar-refractivity contribution in [1.29, 1.82) is 0 Å². The Kier molecular flexibility index (Phi) is 5.61. The van der Waals surface area contributed by atoms with E-state index in [1.807, 2.05) is 13.0 Å². The SMILES string of the molecule is CC(=O)C1=C(O)[C@@H](N(C)C)[C@@H]2[C@@H](O)[C@H]3C(=C(O)[C@]2(C)C12OCCO2)C1(OCCO1)c1c(O)cccc1[C@@H]3C. The third-order valence-corrected chi connectivity index (χ3v) is 9.46. The molecule has 2 saturated heterocycles. The predicted octanol–water partition coefficient (Wildman–Crippen LogP) is 2.22. The van der Waals surface area contributed by atoms with Crippen LogP contribution in [-0.2, 0) is 29.5 Å². The molecule has 0 aromatic heterocycles. The first kappa shape index (κ1) is 25.8. The van der Waals surface area contributed by atoms with E-state index in [1.165, 1.54) is 6.92 Å². The number of likely N-dealkylation sites (N-methyl/N-ethyl adjacent to an activating group) is 1. The van der Waals surface area contributed by atoms with Crippen molar-refractivity contribution in [2.45, 2.75) is 50.4 Å². The molecule has 2 spiro atoms. The van der Waals surface area contributed by atoms with Gasteiger partial charge in [-0.2, -0.15) is 0 Å². The fourth-order valence-electron chi connectivity index (χ4n) is 8.05. The summed E-state index contributed by atoms with van der Waals surface area (Å²) in [6, 6.07) is 4.30. The summed E-state index contributed by atoms with van der Waals surface area (Å²) in [5, 5.41) is 47.4. The molecule has 1 aromatic rings. The normalized spacial score (nSPS) is 37.1. The standard InChI is InChI=1S/C28H35NO9/c1-13-15-7-6-8-16(31)19(15)27(35-9-10-36-27)20-17(13)23(32)21-22(29(4)5)24(33)18(14(2)30)28(37-11-12-38-28)26(21,3)25(20)34/h6-8,13,17,21-23,31-34H,9-12H2,1-5H3/t13-,17+,21+,22-,23-,26+/m0/s1. The molecule has 0 bridgehead atoms. The zero-order valence-corrected chi connectivity index (χ0v) is 22.2. The number of fused-ring (bicyclic) bond motifs is 6. The molecular formula is C28H35NO9. The number of carbonyl (C=O) groups is 1. The van der Waals surface area contributed by atoms with E-state index in [4.69, 9.17) is 18.9 Å². The maximum Gasteiger partial charge on any atom is 0.226 e. The van der Waals surface area contributed by atoms with Crippen LogP contribution in [0.2, 0.25) is 0 Å². The molecule has 10 heteroatoms. The van der Waals surface area contributed by atoms with E-state index >= 15 is 0 Å². The van der Waals surface area contributed by atoms with Crippen LogP contribution < -0.4 is 0 Å². The smallest absolute Gasteiger partial charge is 0.226 e. The Hall–Kier alpha value is -2.47. The molecule has 0 amide bonds. The average Bonchev–Trinajstić information content (AvgIpc) is 3.53. The number of aliphatic hydroxyl groups excluding tert-OH is 3. The number of hydrogen-bond acceptors (Lipinski definition) is 10. The van der Waals surface area contributed by atoms with Crippen LogP contribution in [0.3, 0.4) is 0 Å². The van der Waals surface area contributed by atoms with Gasteiger partial charge in [0.2, 0.25) is 11.6 Å². The van der Waals surface area contributed by atoms with Crippen molar-refractivity contribution >= 4 is 5.78 Å². The lowest BCUT2D eigenvalue weighted by Gasteiger charge is -2.62. The lowest BCUT2D eigenvalue weighted by atomic mass is 9.49. The summed E-state index contributed by atoms with van der Waals surface area (Å²) in [4.78, 5) is 14.8. The second-order valence-electron chi connectivity index (χ2n) is 11.4. The summed E-state index contributed by atoms with van der Waals surface area (Å²) in [6.07, 6.45) is -1.16. The lowest BCUT2D eigenvalue weighted by molar-refractivity contribution is -0.261. The van der Waals surface area contributed by atoms with Gasteiger partial charge in [-0.1, -0.05) is 19.1 Å². The first-order chi connectivity index (χ1) is 18.0. The number of aliphatic hydroxyl groups is 3. The third kappa shape index (κ3) is 2.80. The molecule has 6 atom stereocenters. The van der Waals surface area contributed by atoms with Gasteiger partial charge < -0.3 is 39.4 Å². The van der Waals surface area contributed by atoms with Gasteiger partial charge in [0, 0.05) is 17.4 Å². The van der Waals surface area contributed by atoms with E-state index in [-0.39, 0.29) is 60.8 Å². The molecule has 4 N–H and O–H groups in total. The maximum atomic E-state index is 13.1. The number of ketones is 1. The summed E-state index contributed by atoms with van der Waals surface area (Å²) in [5.41, 5.74) is -0.214. The van der Waals surface area contributed by atoms with Crippen molar-refractivity contribution < 1.29 is 44.2 Å². The Labute approximate surface area is 221 Å². The largest absolute Gasteiger partial charge is 0.511 e. The molecule has 2 aliphatic heterocycles. The third-order valence-electron chi connectivity index (χ3n) is 9.46. The molecule has 1 aromatic carbocycles. The number of phenolic OH excluding ortho intramolecular Hbond substituents is 1. The van der Waals surface area contributed by atoms with E-state index in [9.17, 15) is 25.2 Å². The van der Waals surface area contributed by atoms with E-state index < -0.39 is 46.8 Å². The molecule has 5 aliphatic rings. The van der Waals surface area contributed by atoms with Gasteiger partial charge in [0.15, 0.2) is 5.78 Å². The Bertz CT molecular complexity index is 1260. The summed E-state index contributed by atoms with van der Waals surface area (Å²) in [5.74, 6) is -6.37. The van der Waals surface area contributed by atoms with Gasteiger partial charge in [0.05, 0.1) is 55.1 Å². The van der Waals surface area contributed by atoms with Crippen molar-refractivity contribution in [3.63, 3.8) is 0 Å². The quantitative estimate of drug-likeness (QED) is 0.451. The summed E-state index contributed by atoms with van der Waals surface area (Å²) in [7, 11) is 3.50. The van der Waals surface area contributed by atoms with Crippen LogP contribution in [0.15, 0.2) is 40.9 Å². The van der Waals surface area contributed by atoms with Crippen molar-refractivity contribution in [2.24, 2.45) is 17.3 Å². The van der Waals surface area contributed by atoms with Gasteiger partial charge >= 0.3 is 0 Å².